The number of hydrogen-bond donors (Lipinski definition) is 1. The van der Waals surface area contributed by atoms with Crippen molar-refractivity contribution < 1.29 is 4.42 Å². The lowest BCUT2D eigenvalue weighted by Gasteiger charge is -2.29. The van der Waals surface area contributed by atoms with Crippen LogP contribution in [0.25, 0.3) is 11.3 Å². The van der Waals surface area contributed by atoms with E-state index < -0.39 is 0 Å². The smallest absolute Gasteiger partial charge is 0.145 e. The highest BCUT2D eigenvalue weighted by molar-refractivity contribution is 6.36. The predicted octanol–water partition coefficient (Wildman–Crippen LogP) is 5.41. The summed E-state index contributed by atoms with van der Waals surface area (Å²) in [6, 6.07) is 17.4. The predicted molar refractivity (Wildman–Crippen MR) is 113 cm³/mol. The number of rotatable bonds is 4. The Morgan fingerprint density at radius 3 is 2.48 bits per heavy atom. The second kappa shape index (κ2) is 8.17. The molecule has 0 bridgehead atoms. The third-order valence-electron chi connectivity index (χ3n) is 4.50. The zero-order valence-corrected chi connectivity index (χ0v) is 16.2. The first kappa shape index (κ1) is 18.1. The van der Waals surface area contributed by atoms with Gasteiger partial charge in [0, 0.05) is 42.5 Å². The van der Waals surface area contributed by atoms with Crippen LogP contribution >= 0.6 is 23.2 Å². The minimum absolute atomic E-state index is 0.559. The number of furan rings is 1. The molecule has 0 saturated carbocycles. The Labute approximate surface area is 168 Å². The van der Waals surface area contributed by atoms with Crippen molar-refractivity contribution in [1.29, 1.82) is 0 Å². The highest BCUT2D eigenvalue weighted by Gasteiger charge is 2.10. The largest absolute Gasteiger partial charge is 0.455 e. The van der Waals surface area contributed by atoms with Crippen molar-refractivity contribution in [3.63, 3.8) is 0 Å². The van der Waals surface area contributed by atoms with Gasteiger partial charge >= 0.3 is 0 Å². The van der Waals surface area contributed by atoms with Crippen molar-refractivity contribution in [3.05, 3.63) is 70.4 Å². The molecule has 3 aromatic rings. The van der Waals surface area contributed by atoms with Crippen LogP contribution in [0, 0.1) is 0 Å². The van der Waals surface area contributed by atoms with Crippen LogP contribution in [0.2, 0.25) is 10.0 Å². The third-order valence-corrected chi connectivity index (χ3v) is 5.04. The zero-order chi connectivity index (χ0) is 18.6. The summed E-state index contributed by atoms with van der Waals surface area (Å²) in [5.41, 5.74) is 2.92. The van der Waals surface area contributed by atoms with Gasteiger partial charge in [0.15, 0.2) is 0 Å². The Balaban J connectivity index is 1.46. The van der Waals surface area contributed by atoms with Gasteiger partial charge in [0.1, 0.15) is 11.5 Å². The van der Waals surface area contributed by atoms with Crippen LogP contribution in [-0.2, 0) is 0 Å². The molecule has 0 spiro atoms. The highest BCUT2D eigenvalue weighted by Crippen LogP contribution is 2.31. The Bertz CT molecular complexity index is 944. The monoisotopic (exact) mass is 399 g/mol. The van der Waals surface area contributed by atoms with E-state index in [1.54, 1.807) is 18.3 Å². The summed E-state index contributed by atoms with van der Waals surface area (Å²) < 4.78 is 5.84. The Kier molecular flexibility index (Phi) is 5.48. The standard InChI is InChI=1S/C21H19Cl2N3O/c22-15-1-7-19(20(23)13-15)21-8-6-18(27-21)14-25-16-2-4-17(5-3-16)26-11-9-24-10-12-26/h1-8,13-14,24H,9-12H2. The van der Waals surface area contributed by atoms with Crippen LogP contribution in [0.5, 0.6) is 0 Å². The van der Waals surface area contributed by atoms with Gasteiger partial charge in [-0.25, -0.2) is 0 Å². The van der Waals surface area contributed by atoms with Crippen molar-refractivity contribution in [2.75, 3.05) is 31.1 Å². The molecule has 138 valence electrons. The van der Waals surface area contributed by atoms with Gasteiger partial charge in [-0.15, -0.1) is 0 Å². The zero-order valence-electron chi connectivity index (χ0n) is 14.7. The number of nitrogens with zero attached hydrogens (tertiary/aromatic N) is 2. The molecule has 4 rings (SSSR count). The number of hydrogen-bond acceptors (Lipinski definition) is 4. The first-order chi connectivity index (χ1) is 13.2. The van der Waals surface area contributed by atoms with Gasteiger partial charge in [-0.3, -0.25) is 4.99 Å². The van der Waals surface area contributed by atoms with E-state index in [0.717, 1.165) is 37.4 Å². The molecule has 1 aromatic heterocycles. The maximum atomic E-state index is 6.24. The molecule has 4 nitrogen and oxygen atoms in total. The summed E-state index contributed by atoms with van der Waals surface area (Å²) >= 11 is 12.2. The van der Waals surface area contributed by atoms with Gasteiger partial charge < -0.3 is 14.6 Å². The van der Waals surface area contributed by atoms with Gasteiger partial charge in [0.25, 0.3) is 0 Å². The van der Waals surface area contributed by atoms with Crippen molar-refractivity contribution in [2.45, 2.75) is 0 Å². The summed E-state index contributed by atoms with van der Waals surface area (Å²) in [6.45, 7) is 4.12. The lowest BCUT2D eigenvalue weighted by atomic mass is 10.2. The molecule has 1 fully saturated rings. The van der Waals surface area contributed by atoms with E-state index in [4.69, 9.17) is 27.6 Å². The highest BCUT2D eigenvalue weighted by atomic mass is 35.5. The average molecular weight is 400 g/mol. The summed E-state index contributed by atoms with van der Waals surface area (Å²) in [7, 11) is 0. The van der Waals surface area contributed by atoms with Crippen molar-refractivity contribution >= 4 is 40.8 Å². The average Bonchev–Trinajstić information content (AvgIpc) is 3.16. The number of nitrogens with one attached hydrogen (secondary N) is 1. The quantitative estimate of drug-likeness (QED) is 0.595. The van der Waals surface area contributed by atoms with Crippen molar-refractivity contribution in [1.82, 2.24) is 5.32 Å². The molecule has 1 N–H and O–H groups in total. The minimum atomic E-state index is 0.559. The Hall–Kier alpha value is -2.27. The summed E-state index contributed by atoms with van der Waals surface area (Å²) in [6.07, 6.45) is 1.72. The van der Waals surface area contributed by atoms with Crippen LogP contribution in [0.3, 0.4) is 0 Å². The van der Waals surface area contributed by atoms with Crippen LogP contribution in [-0.4, -0.2) is 32.4 Å². The van der Waals surface area contributed by atoms with Crippen LogP contribution in [0.4, 0.5) is 11.4 Å². The lowest BCUT2D eigenvalue weighted by Crippen LogP contribution is -2.43. The topological polar surface area (TPSA) is 40.8 Å². The fourth-order valence-electron chi connectivity index (χ4n) is 3.07. The molecule has 0 radical (unpaired) electrons. The van der Waals surface area contributed by atoms with Crippen LogP contribution in [0.1, 0.15) is 5.76 Å². The molecule has 1 saturated heterocycles. The van der Waals surface area contributed by atoms with Gasteiger partial charge in [-0.2, -0.15) is 0 Å². The molecule has 2 aromatic carbocycles. The van der Waals surface area contributed by atoms with Gasteiger partial charge in [0.05, 0.1) is 16.9 Å². The van der Waals surface area contributed by atoms with Crippen molar-refractivity contribution in [2.24, 2.45) is 4.99 Å². The number of anilines is 1. The maximum absolute atomic E-state index is 6.24. The fourth-order valence-corrected chi connectivity index (χ4v) is 3.57. The molecule has 1 aliphatic rings. The second-order valence-corrected chi connectivity index (χ2v) is 7.18. The molecular formula is C21H19Cl2N3O. The number of halogens is 2. The number of aliphatic imine (C=N–C) groups is 1. The molecule has 0 atom stereocenters. The van der Waals surface area contributed by atoms with E-state index >= 15 is 0 Å². The summed E-state index contributed by atoms with van der Waals surface area (Å²) in [5, 5.41) is 4.52. The first-order valence-corrected chi connectivity index (χ1v) is 9.60. The van der Waals surface area contributed by atoms with E-state index in [1.807, 2.05) is 30.3 Å². The number of piperazine rings is 1. The van der Waals surface area contributed by atoms with E-state index in [1.165, 1.54) is 5.69 Å². The van der Waals surface area contributed by atoms with Crippen molar-refractivity contribution in [3.8, 4) is 11.3 Å². The molecule has 1 aliphatic heterocycles. The van der Waals surface area contributed by atoms with E-state index in [9.17, 15) is 0 Å². The van der Waals surface area contributed by atoms with Crippen LogP contribution < -0.4 is 10.2 Å². The summed E-state index contributed by atoms with van der Waals surface area (Å²) in [4.78, 5) is 6.88. The van der Waals surface area contributed by atoms with E-state index in [0.29, 0.717) is 21.6 Å². The van der Waals surface area contributed by atoms with E-state index in [2.05, 4.69) is 27.3 Å². The Morgan fingerprint density at radius 2 is 1.74 bits per heavy atom. The molecule has 6 heteroatoms. The van der Waals surface area contributed by atoms with Crippen LogP contribution in [0.15, 0.2) is 64.0 Å². The maximum Gasteiger partial charge on any atom is 0.145 e. The Morgan fingerprint density at radius 1 is 0.963 bits per heavy atom. The summed E-state index contributed by atoms with van der Waals surface area (Å²) in [5.74, 6) is 1.36. The van der Waals surface area contributed by atoms with Gasteiger partial charge in [-0.05, 0) is 54.6 Å². The number of benzene rings is 2. The molecular weight excluding hydrogens is 381 g/mol. The molecule has 27 heavy (non-hydrogen) atoms. The van der Waals surface area contributed by atoms with E-state index in [-0.39, 0.29) is 0 Å². The lowest BCUT2D eigenvalue weighted by molar-refractivity contribution is 0.575. The molecule has 0 unspecified atom stereocenters. The normalized spacial score (nSPS) is 14.8. The SMILES string of the molecule is Clc1ccc(-c2ccc(C=Nc3ccc(N4CCNCC4)cc3)o2)c(Cl)c1. The van der Waals surface area contributed by atoms with Gasteiger partial charge in [0.2, 0.25) is 0 Å². The molecule has 2 heterocycles. The molecule has 0 amide bonds. The molecule has 0 aliphatic carbocycles. The second-order valence-electron chi connectivity index (χ2n) is 6.34. The minimum Gasteiger partial charge on any atom is -0.455 e. The van der Waals surface area contributed by atoms with Gasteiger partial charge in [-0.1, -0.05) is 23.2 Å². The first-order valence-electron chi connectivity index (χ1n) is 8.84. The fraction of sp³-hybridized carbons (Fsp3) is 0.190. The third kappa shape index (κ3) is 4.35.